The van der Waals surface area contributed by atoms with E-state index in [-0.39, 0.29) is 17.6 Å². The number of nitrogens with one attached hydrogen (secondary N) is 1. The van der Waals surface area contributed by atoms with Gasteiger partial charge in [-0.25, -0.2) is 4.98 Å². The Hall–Kier alpha value is -4.14. The lowest BCUT2D eigenvalue weighted by atomic mass is 9.83. The number of rotatable bonds is 5. The number of pyridine rings is 1. The van der Waals surface area contributed by atoms with Gasteiger partial charge in [-0.1, -0.05) is 12.1 Å². The second-order valence-electron chi connectivity index (χ2n) is 8.50. The number of fused-ring (bicyclic) bond motifs is 3. The Morgan fingerprint density at radius 2 is 2.03 bits per heavy atom. The van der Waals surface area contributed by atoms with Gasteiger partial charge in [-0.3, -0.25) is 14.9 Å². The minimum Gasteiger partial charge on any atom is -0.497 e. The van der Waals surface area contributed by atoms with E-state index < -0.39 is 10.8 Å². The number of amides is 1. The smallest absolute Gasteiger partial charge is 0.269 e. The van der Waals surface area contributed by atoms with Gasteiger partial charge in [0.05, 0.1) is 24.0 Å². The van der Waals surface area contributed by atoms with Crippen LogP contribution in [0.25, 0.3) is 0 Å². The van der Waals surface area contributed by atoms with Crippen LogP contribution in [0, 0.1) is 16.0 Å². The van der Waals surface area contributed by atoms with Crippen molar-refractivity contribution in [3.8, 4) is 5.75 Å². The summed E-state index contributed by atoms with van der Waals surface area (Å²) < 4.78 is 5.28. The summed E-state index contributed by atoms with van der Waals surface area (Å²) in [6.45, 7) is 2.06. The van der Waals surface area contributed by atoms with Gasteiger partial charge in [0, 0.05) is 55.4 Å². The van der Waals surface area contributed by atoms with Crippen molar-refractivity contribution in [2.45, 2.75) is 12.5 Å². The van der Waals surface area contributed by atoms with Crippen LogP contribution in [0.1, 0.15) is 5.56 Å². The van der Waals surface area contributed by atoms with Crippen molar-refractivity contribution >= 4 is 28.8 Å². The zero-order valence-corrected chi connectivity index (χ0v) is 18.8. The highest BCUT2D eigenvalue weighted by atomic mass is 16.6. The largest absolute Gasteiger partial charge is 0.497 e. The molecule has 0 aliphatic carbocycles. The van der Waals surface area contributed by atoms with Crippen LogP contribution in [0.2, 0.25) is 0 Å². The van der Waals surface area contributed by atoms with Gasteiger partial charge in [0.25, 0.3) is 5.69 Å². The maximum Gasteiger partial charge on any atom is 0.269 e. The molecular weight excluding hydrogens is 434 g/mol. The van der Waals surface area contributed by atoms with Gasteiger partial charge in [0.1, 0.15) is 11.6 Å². The summed E-state index contributed by atoms with van der Waals surface area (Å²) in [5.41, 5.74) is 2.47. The first-order valence-corrected chi connectivity index (χ1v) is 11.2. The normalized spacial score (nSPS) is 19.1. The highest BCUT2D eigenvalue weighted by Gasteiger charge is 2.42. The molecule has 0 spiro atoms. The number of methoxy groups -OCH3 is 1. The van der Waals surface area contributed by atoms with Crippen molar-refractivity contribution in [3.05, 3.63) is 82.5 Å². The number of piperazine rings is 1. The van der Waals surface area contributed by atoms with E-state index in [9.17, 15) is 14.9 Å². The molecule has 2 unspecified atom stereocenters. The highest BCUT2D eigenvalue weighted by Crippen LogP contribution is 2.38. The second kappa shape index (κ2) is 9.01. The number of carbonyl (C=O) groups is 1. The van der Waals surface area contributed by atoms with Gasteiger partial charge in [-0.2, -0.15) is 0 Å². The van der Waals surface area contributed by atoms with Crippen LogP contribution in [0.15, 0.2) is 66.9 Å². The lowest BCUT2D eigenvalue weighted by Crippen LogP contribution is -2.60. The number of ether oxygens (including phenoxy) is 1. The Morgan fingerprint density at radius 3 is 2.79 bits per heavy atom. The number of aromatic nitrogens is 1. The Balaban J connectivity index is 1.48. The molecule has 34 heavy (non-hydrogen) atoms. The van der Waals surface area contributed by atoms with Gasteiger partial charge >= 0.3 is 0 Å². The summed E-state index contributed by atoms with van der Waals surface area (Å²) in [7, 11) is 1.58. The number of hydrogen-bond acceptors (Lipinski definition) is 7. The number of anilines is 3. The van der Waals surface area contributed by atoms with Crippen LogP contribution >= 0.6 is 0 Å². The zero-order chi connectivity index (χ0) is 23.7. The predicted molar refractivity (Wildman–Crippen MR) is 129 cm³/mol. The van der Waals surface area contributed by atoms with Gasteiger partial charge in [-0.05, 0) is 42.3 Å². The Kier molecular flexibility index (Phi) is 5.75. The van der Waals surface area contributed by atoms with E-state index in [0.29, 0.717) is 30.9 Å². The van der Waals surface area contributed by atoms with Crippen LogP contribution in [-0.2, 0) is 11.2 Å². The second-order valence-corrected chi connectivity index (χ2v) is 8.50. The molecule has 2 aliphatic heterocycles. The molecule has 1 fully saturated rings. The first kappa shape index (κ1) is 21.7. The summed E-state index contributed by atoms with van der Waals surface area (Å²) in [6.07, 6.45) is 2.19. The zero-order valence-electron chi connectivity index (χ0n) is 18.8. The van der Waals surface area contributed by atoms with E-state index in [1.807, 2.05) is 42.5 Å². The molecule has 0 radical (unpaired) electrons. The molecule has 3 aromatic rings. The van der Waals surface area contributed by atoms with Crippen molar-refractivity contribution in [1.29, 1.82) is 0 Å². The van der Waals surface area contributed by atoms with Crippen LogP contribution in [0.3, 0.4) is 0 Å². The Labute approximate surface area is 197 Å². The van der Waals surface area contributed by atoms with Gasteiger partial charge in [-0.15, -0.1) is 0 Å². The van der Waals surface area contributed by atoms with Gasteiger partial charge in [0.15, 0.2) is 0 Å². The number of nitro groups is 1. The molecule has 0 saturated carbocycles. The number of nitro benzene ring substituents is 1. The lowest BCUT2D eigenvalue weighted by Gasteiger charge is -2.49. The van der Waals surface area contributed by atoms with Crippen molar-refractivity contribution in [3.63, 3.8) is 0 Å². The third kappa shape index (κ3) is 4.12. The molecule has 1 saturated heterocycles. The van der Waals surface area contributed by atoms with Crippen LogP contribution < -0.4 is 19.9 Å². The first-order valence-electron chi connectivity index (χ1n) is 11.2. The topological polar surface area (TPSA) is 101 Å². The van der Waals surface area contributed by atoms with Crippen LogP contribution in [-0.4, -0.2) is 48.6 Å². The van der Waals surface area contributed by atoms with E-state index >= 15 is 0 Å². The molecule has 9 nitrogen and oxygen atoms in total. The fourth-order valence-corrected chi connectivity index (χ4v) is 4.91. The van der Waals surface area contributed by atoms with E-state index in [2.05, 4.69) is 20.1 Å². The minimum absolute atomic E-state index is 0.0382. The number of nitrogens with zero attached hydrogens (tertiary/aromatic N) is 4. The molecule has 1 amide bonds. The third-order valence-electron chi connectivity index (χ3n) is 6.55. The summed E-state index contributed by atoms with van der Waals surface area (Å²) in [5, 5.41) is 14.4. The van der Waals surface area contributed by atoms with Gasteiger partial charge < -0.3 is 19.9 Å². The van der Waals surface area contributed by atoms with Crippen molar-refractivity contribution in [1.82, 2.24) is 4.98 Å². The molecular formula is C25H25N5O4. The first-order chi connectivity index (χ1) is 16.5. The molecule has 2 aromatic carbocycles. The molecule has 0 bridgehead atoms. The fraction of sp³-hybridized carbons (Fsp3) is 0.280. The van der Waals surface area contributed by atoms with E-state index in [4.69, 9.17) is 4.74 Å². The average molecular weight is 460 g/mol. The molecule has 9 heteroatoms. The molecule has 2 aliphatic rings. The summed E-state index contributed by atoms with van der Waals surface area (Å²) >= 11 is 0. The monoisotopic (exact) mass is 459 g/mol. The summed E-state index contributed by atoms with van der Waals surface area (Å²) in [4.78, 5) is 33.4. The highest BCUT2D eigenvalue weighted by molar-refractivity contribution is 5.94. The number of non-ortho nitro benzene ring substituents is 1. The number of carbonyl (C=O) groups excluding carboxylic acids is 1. The van der Waals surface area contributed by atoms with Crippen LogP contribution in [0.5, 0.6) is 5.75 Å². The van der Waals surface area contributed by atoms with Crippen molar-refractivity contribution in [2.24, 2.45) is 5.92 Å². The molecule has 2 atom stereocenters. The Morgan fingerprint density at radius 1 is 1.15 bits per heavy atom. The third-order valence-corrected chi connectivity index (χ3v) is 6.55. The Bertz CT molecular complexity index is 1220. The van der Waals surface area contributed by atoms with Crippen LogP contribution in [0.4, 0.5) is 22.9 Å². The fourth-order valence-electron chi connectivity index (χ4n) is 4.91. The molecule has 1 aromatic heterocycles. The maximum absolute atomic E-state index is 13.5. The molecule has 3 heterocycles. The molecule has 5 rings (SSSR count). The molecule has 174 valence electrons. The number of hydrogen-bond donors (Lipinski definition) is 1. The van der Waals surface area contributed by atoms with E-state index in [0.717, 1.165) is 23.6 Å². The van der Waals surface area contributed by atoms with Crippen molar-refractivity contribution in [2.75, 3.05) is 41.9 Å². The quantitative estimate of drug-likeness (QED) is 0.460. The van der Waals surface area contributed by atoms with E-state index in [1.54, 1.807) is 25.4 Å². The maximum atomic E-state index is 13.5. The number of benzene rings is 2. The average Bonchev–Trinajstić information content (AvgIpc) is 2.88. The minimum atomic E-state index is -0.396. The standard InChI is InChI=1S/C25H25N5O4/c1-34-20-6-4-5-18(15-20)27-25(31)21-14-17-13-19(30(32)33)8-9-22(17)29-12-11-28(16-23(21)29)24-7-2-3-10-26-24/h2-10,13,15,21,23H,11-12,14,16H2,1H3,(H,27,31). The SMILES string of the molecule is COc1cccc(NC(=O)C2Cc3cc([N+](=O)[O-])ccc3N3CCN(c4ccccn4)CC23)c1. The predicted octanol–water partition coefficient (Wildman–Crippen LogP) is 3.50. The summed E-state index contributed by atoms with van der Waals surface area (Å²) in [6, 6.07) is 17.9. The molecule has 1 N–H and O–H groups in total. The lowest BCUT2D eigenvalue weighted by molar-refractivity contribution is -0.384. The van der Waals surface area contributed by atoms with Gasteiger partial charge in [0.2, 0.25) is 5.91 Å². The van der Waals surface area contributed by atoms with Crippen molar-refractivity contribution < 1.29 is 14.5 Å². The van der Waals surface area contributed by atoms with E-state index in [1.165, 1.54) is 6.07 Å². The summed E-state index contributed by atoms with van der Waals surface area (Å²) in [5.74, 6) is 1.02.